The van der Waals surface area contributed by atoms with Crippen LogP contribution in [-0.2, 0) is 14.9 Å². The lowest BCUT2D eigenvalue weighted by Crippen LogP contribution is -2.45. The van der Waals surface area contributed by atoms with Crippen molar-refractivity contribution in [2.75, 3.05) is 13.7 Å². The molecule has 0 spiro atoms. The van der Waals surface area contributed by atoms with Crippen LogP contribution in [0.1, 0.15) is 18.5 Å². The normalized spacial score (nSPS) is 22.8. The monoisotopic (exact) mass is 366 g/mol. The molecule has 0 amide bonds. The molecule has 0 saturated carbocycles. The molecule has 1 aromatic rings. The highest BCUT2D eigenvalue weighted by Gasteiger charge is 2.38. The number of nitrogens with zero attached hydrogens (tertiary/aromatic N) is 1. The summed E-state index contributed by atoms with van der Waals surface area (Å²) in [7, 11) is -2.33. The summed E-state index contributed by atoms with van der Waals surface area (Å²) in [4.78, 5) is 0. The summed E-state index contributed by atoms with van der Waals surface area (Å²) in [5, 5.41) is 10.9. The first-order valence-corrected chi connectivity index (χ1v) is 8.67. The molecule has 1 heterocycles. The fourth-order valence-corrected chi connectivity index (χ4v) is 3.69. The molecule has 0 aromatic heterocycles. The SMILES string of the molecule is CCOC(O)C1=CNS(=O)(=O)N(C)C1c1ccc(Cl)cc1Cl. The van der Waals surface area contributed by atoms with E-state index in [9.17, 15) is 13.5 Å². The number of aliphatic hydroxyl groups is 1. The lowest BCUT2D eigenvalue weighted by atomic mass is 9.98. The third-order valence-electron chi connectivity index (χ3n) is 3.30. The highest BCUT2D eigenvalue weighted by atomic mass is 35.5. The van der Waals surface area contributed by atoms with Gasteiger partial charge in [0.1, 0.15) is 0 Å². The molecule has 2 atom stereocenters. The van der Waals surface area contributed by atoms with E-state index in [1.165, 1.54) is 19.3 Å². The number of likely N-dealkylation sites (N-methyl/N-ethyl adjacent to an activating group) is 1. The van der Waals surface area contributed by atoms with Crippen LogP contribution in [0.3, 0.4) is 0 Å². The lowest BCUT2D eigenvalue weighted by molar-refractivity contribution is -0.0734. The Kier molecular flexibility index (Phi) is 5.37. The van der Waals surface area contributed by atoms with Gasteiger partial charge in [-0.25, -0.2) is 0 Å². The Hall–Kier alpha value is -0.830. The van der Waals surface area contributed by atoms with E-state index in [0.717, 1.165) is 4.31 Å². The van der Waals surface area contributed by atoms with Crippen molar-refractivity contribution < 1.29 is 18.3 Å². The summed E-state index contributed by atoms with van der Waals surface area (Å²) in [5.74, 6) is 0. The smallest absolute Gasteiger partial charge is 0.301 e. The maximum Gasteiger partial charge on any atom is 0.301 e. The number of benzene rings is 1. The molecule has 1 aliphatic rings. The Morgan fingerprint density at radius 2 is 2.14 bits per heavy atom. The van der Waals surface area contributed by atoms with Crippen molar-refractivity contribution in [3.05, 3.63) is 45.6 Å². The number of halogens is 2. The highest BCUT2D eigenvalue weighted by molar-refractivity contribution is 7.87. The van der Waals surface area contributed by atoms with E-state index in [2.05, 4.69) is 4.72 Å². The van der Waals surface area contributed by atoms with E-state index >= 15 is 0 Å². The van der Waals surface area contributed by atoms with Crippen molar-refractivity contribution in [2.45, 2.75) is 19.3 Å². The standard InChI is InChI=1S/C13H16Cl2N2O4S/c1-3-21-13(18)10-7-16-22(19,20)17(2)12(10)9-5-4-8(14)6-11(9)15/h4-7,12-13,16,18H,3H2,1-2H3. The van der Waals surface area contributed by atoms with Crippen LogP contribution in [0.5, 0.6) is 0 Å². The van der Waals surface area contributed by atoms with Gasteiger partial charge in [-0.1, -0.05) is 29.3 Å². The number of hydrogen-bond acceptors (Lipinski definition) is 4. The van der Waals surface area contributed by atoms with Crippen LogP contribution in [0.2, 0.25) is 10.0 Å². The number of ether oxygens (including phenoxy) is 1. The van der Waals surface area contributed by atoms with Crippen molar-refractivity contribution in [1.29, 1.82) is 0 Å². The molecule has 122 valence electrons. The molecule has 2 rings (SSSR count). The third kappa shape index (κ3) is 3.40. The van der Waals surface area contributed by atoms with Gasteiger partial charge in [-0.2, -0.15) is 12.7 Å². The minimum Gasteiger partial charge on any atom is -0.364 e. The quantitative estimate of drug-likeness (QED) is 0.799. The van der Waals surface area contributed by atoms with E-state index in [1.54, 1.807) is 19.1 Å². The molecule has 0 fully saturated rings. The van der Waals surface area contributed by atoms with Crippen molar-refractivity contribution in [1.82, 2.24) is 9.03 Å². The Morgan fingerprint density at radius 1 is 1.45 bits per heavy atom. The Bertz CT molecular complexity index is 693. The van der Waals surface area contributed by atoms with Gasteiger partial charge in [0.15, 0.2) is 6.29 Å². The van der Waals surface area contributed by atoms with E-state index in [4.69, 9.17) is 27.9 Å². The molecule has 0 saturated heterocycles. The topological polar surface area (TPSA) is 78.9 Å². The van der Waals surface area contributed by atoms with Crippen LogP contribution in [-0.4, -0.2) is 37.8 Å². The van der Waals surface area contributed by atoms with Gasteiger partial charge in [0, 0.05) is 35.5 Å². The molecule has 0 bridgehead atoms. The Balaban J connectivity index is 2.54. The van der Waals surface area contributed by atoms with E-state index in [-0.39, 0.29) is 6.61 Å². The Morgan fingerprint density at radius 3 is 2.73 bits per heavy atom. The largest absolute Gasteiger partial charge is 0.364 e. The van der Waals surface area contributed by atoms with Crippen LogP contribution in [0, 0.1) is 0 Å². The van der Waals surface area contributed by atoms with Gasteiger partial charge in [0.2, 0.25) is 0 Å². The maximum absolute atomic E-state index is 12.0. The Labute approximate surface area is 139 Å². The fourth-order valence-electron chi connectivity index (χ4n) is 2.21. The number of rotatable bonds is 4. The van der Waals surface area contributed by atoms with Crippen molar-refractivity contribution in [3.8, 4) is 0 Å². The van der Waals surface area contributed by atoms with Gasteiger partial charge in [-0.3, -0.25) is 4.72 Å². The van der Waals surface area contributed by atoms with Gasteiger partial charge >= 0.3 is 10.2 Å². The molecule has 0 radical (unpaired) electrons. The molecule has 2 unspecified atom stereocenters. The summed E-state index contributed by atoms with van der Waals surface area (Å²) < 4.78 is 32.6. The van der Waals surface area contributed by atoms with Crippen LogP contribution in [0.15, 0.2) is 30.0 Å². The van der Waals surface area contributed by atoms with Crippen LogP contribution in [0.4, 0.5) is 0 Å². The molecular formula is C13H16Cl2N2O4S. The van der Waals surface area contributed by atoms with E-state index in [0.29, 0.717) is 21.2 Å². The van der Waals surface area contributed by atoms with E-state index < -0.39 is 22.5 Å². The molecular weight excluding hydrogens is 351 g/mol. The molecule has 1 aliphatic heterocycles. The van der Waals surface area contributed by atoms with Gasteiger partial charge in [0.25, 0.3) is 0 Å². The summed E-state index contributed by atoms with van der Waals surface area (Å²) in [6.45, 7) is 2.00. The summed E-state index contributed by atoms with van der Waals surface area (Å²) in [6.07, 6.45) is -0.0298. The lowest BCUT2D eigenvalue weighted by Gasteiger charge is -2.35. The predicted molar refractivity (Wildman–Crippen MR) is 84.7 cm³/mol. The van der Waals surface area contributed by atoms with Crippen LogP contribution in [0.25, 0.3) is 0 Å². The second-order valence-corrected chi connectivity index (χ2v) is 7.26. The molecule has 0 aliphatic carbocycles. The number of nitrogens with one attached hydrogen (secondary N) is 1. The highest BCUT2D eigenvalue weighted by Crippen LogP contribution is 2.38. The van der Waals surface area contributed by atoms with Crippen molar-refractivity contribution in [2.24, 2.45) is 0 Å². The molecule has 9 heteroatoms. The minimum absolute atomic E-state index is 0.274. The zero-order valence-corrected chi connectivity index (χ0v) is 14.3. The summed E-state index contributed by atoms with van der Waals surface area (Å²) in [6, 6.07) is 3.96. The van der Waals surface area contributed by atoms with Crippen LogP contribution >= 0.6 is 23.2 Å². The average molecular weight is 367 g/mol. The molecule has 2 N–H and O–H groups in total. The first-order chi connectivity index (χ1) is 10.3. The van der Waals surface area contributed by atoms with Crippen LogP contribution < -0.4 is 4.72 Å². The maximum atomic E-state index is 12.0. The molecule has 1 aromatic carbocycles. The zero-order valence-electron chi connectivity index (χ0n) is 12.0. The summed E-state index contributed by atoms with van der Waals surface area (Å²) >= 11 is 12.1. The number of aliphatic hydroxyl groups excluding tert-OH is 1. The average Bonchev–Trinajstić information content (AvgIpc) is 2.43. The van der Waals surface area contributed by atoms with Crippen molar-refractivity contribution in [3.63, 3.8) is 0 Å². The fraction of sp³-hybridized carbons (Fsp3) is 0.385. The molecule has 22 heavy (non-hydrogen) atoms. The minimum atomic E-state index is -3.72. The van der Waals surface area contributed by atoms with Gasteiger partial charge in [-0.15, -0.1) is 0 Å². The van der Waals surface area contributed by atoms with Gasteiger partial charge in [0.05, 0.1) is 6.04 Å². The number of hydrogen-bond donors (Lipinski definition) is 2. The van der Waals surface area contributed by atoms with E-state index in [1.807, 2.05) is 0 Å². The molecule has 6 nitrogen and oxygen atoms in total. The van der Waals surface area contributed by atoms with Gasteiger partial charge in [-0.05, 0) is 24.6 Å². The predicted octanol–water partition coefficient (Wildman–Crippen LogP) is 2.05. The first-order valence-electron chi connectivity index (χ1n) is 6.47. The summed E-state index contributed by atoms with van der Waals surface area (Å²) in [5.41, 5.74) is 0.840. The second-order valence-electron chi connectivity index (χ2n) is 4.66. The third-order valence-corrected chi connectivity index (χ3v) is 5.25. The first kappa shape index (κ1) is 17.5. The second kappa shape index (κ2) is 6.74. The van der Waals surface area contributed by atoms with Crippen molar-refractivity contribution >= 4 is 33.4 Å². The zero-order chi connectivity index (χ0) is 16.5. The van der Waals surface area contributed by atoms with Gasteiger partial charge < -0.3 is 9.84 Å².